The molecule has 4 atom stereocenters. The lowest BCUT2D eigenvalue weighted by Crippen LogP contribution is -2.65. The Labute approximate surface area is 119 Å². The van der Waals surface area contributed by atoms with E-state index < -0.39 is 0 Å². The summed E-state index contributed by atoms with van der Waals surface area (Å²) in [6.07, 6.45) is 7.07. The van der Waals surface area contributed by atoms with Crippen molar-refractivity contribution >= 4 is 11.8 Å². The van der Waals surface area contributed by atoms with Crippen molar-refractivity contribution < 1.29 is 9.59 Å². The van der Waals surface area contributed by atoms with Crippen LogP contribution in [0.15, 0.2) is 0 Å². The molecular formula is C16H24N2O2. The van der Waals surface area contributed by atoms with Gasteiger partial charge in [-0.05, 0) is 62.7 Å². The summed E-state index contributed by atoms with van der Waals surface area (Å²) in [7, 11) is 0. The van der Waals surface area contributed by atoms with Crippen LogP contribution in [0.3, 0.4) is 0 Å². The van der Waals surface area contributed by atoms with Crippen LogP contribution in [0.5, 0.6) is 0 Å². The van der Waals surface area contributed by atoms with E-state index in [0.717, 1.165) is 38.5 Å². The number of hydrogen-bond donors (Lipinski definition) is 2. The molecule has 0 saturated heterocycles. The Morgan fingerprint density at radius 1 is 1.10 bits per heavy atom. The van der Waals surface area contributed by atoms with Crippen LogP contribution < -0.4 is 11.1 Å². The smallest absolute Gasteiger partial charge is 0.223 e. The lowest BCUT2D eigenvalue weighted by atomic mass is 9.46. The minimum absolute atomic E-state index is 0.126. The third kappa shape index (κ3) is 1.73. The minimum Gasteiger partial charge on any atom is -0.369 e. The fourth-order valence-corrected chi connectivity index (χ4v) is 5.74. The van der Waals surface area contributed by atoms with Gasteiger partial charge in [0.1, 0.15) is 0 Å². The van der Waals surface area contributed by atoms with Crippen LogP contribution in [0.1, 0.15) is 51.9 Å². The quantitative estimate of drug-likeness (QED) is 0.821. The molecule has 20 heavy (non-hydrogen) atoms. The number of nitrogens with two attached hydrogens (primary N) is 1. The Balaban J connectivity index is 1.59. The molecule has 0 heterocycles. The maximum Gasteiger partial charge on any atom is 0.223 e. The summed E-state index contributed by atoms with van der Waals surface area (Å²) in [5, 5.41) is 3.35. The highest BCUT2D eigenvalue weighted by Crippen LogP contribution is 2.61. The first-order valence-corrected chi connectivity index (χ1v) is 8.03. The molecule has 4 bridgehead atoms. The second-order valence-electron chi connectivity index (χ2n) is 8.19. The molecule has 0 spiro atoms. The summed E-state index contributed by atoms with van der Waals surface area (Å²) in [5.41, 5.74) is 5.27. The topological polar surface area (TPSA) is 72.2 Å². The van der Waals surface area contributed by atoms with Crippen molar-refractivity contribution in [2.75, 3.05) is 0 Å². The molecule has 0 aromatic rings. The van der Waals surface area contributed by atoms with Gasteiger partial charge in [0, 0.05) is 11.5 Å². The molecular weight excluding hydrogens is 252 g/mol. The fourth-order valence-electron chi connectivity index (χ4n) is 5.74. The number of primary amides is 1. The van der Waals surface area contributed by atoms with Gasteiger partial charge < -0.3 is 11.1 Å². The lowest BCUT2D eigenvalue weighted by molar-refractivity contribution is -0.150. The molecule has 0 aromatic heterocycles. The molecule has 5 saturated carbocycles. The SMILES string of the molecule is CC1CC1C(=O)NC12CC3CC(C1)CC(C(N)=O)(C3)C2. The highest BCUT2D eigenvalue weighted by molar-refractivity contribution is 5.84. The fraction of sp³-hybridized carbons (Fsp3) is 0.875. The summed E-state index contributed by atoms with van der Waals surface area (Å²) in [6.45, 7) is 2.13. The van der Waals surface area contributed by atoms with E-state index in [1.54, 1.807) is 0 Å². The molecule has 4 nitrogen and oxygen atoms in total. The Morgan fingerprint density at radius 3 is 2.20 bits per heavy atom. The number of amides is 2. The molecule has 5 rings (SSSR count). The van der Waals surface area contributed by atoms with E-state index in [1.165, 1.54) is 6.42 Å². The van der Waals surface area contributed by atoms with Gasteiger partial charge in [0.2, 0.25) is 11.8 Å². The van der Waals surface area contributed by atoms with E-state index in [2.05, 4.69) is 12.2 Å². The number of nitrogens with one attached hydrogen (secondary N) is 1. The van der Waals surface area contributed by atoms with Crippen molar-refractivity contribution in [1.82, 2.24) is 5.32 Å². The Hall–Kier alpha value is -1.06. The molecule has 0 aromatic carbocycles. The molecule has 4 heteroatoms. The molecule has 2 amide bonds. The van der Waals surface area contributed by atoms with Crippen molar-refractivity contribution in [3.8, 4) is 0 Å². The third-order valence-corrected chi connectivity index (χ3v) is 6.42. The van der Waals surface area contributed by atoms with Gasteiger partial charge in [-0.25, -0.2) is 0 Å². The number of carbonyl (C=O) groups is 2. The number of hydrogen-bond acceptors (Lipinski definition) is 2. The van der Waals surface area contributed by atoms with Crippen molar-refractivity contribution in [1.29, 1.82) is 0 Å². The summed E-state index contributed by atoms with van der Waals surface area (Å²) in [6, 6.07) is 0. The molecule has 5 fully saturated rings. The van der Waals surface area contributed by atoms with Crippen molar-refractivity contribution in [3.05, 3.63) is 0 Å². The molecule has 5 aliphatic rings. The van der Waals surface area contributed by atoms with Gasteiger partial charge >= 0.3 is 0 Å². The predicted molar refractivity (Wildman–Crippen MR) is 74.5 cm³/mol. The highest BCUT2D eigenvalue weighted by atomic mass is 16.2. The van der Waals surface area contributed by atoms with E-state index in [-0.39, 0.29) is 28.7 Å². The minimum atomic E-state index is -0.327. The first-order valence-electron chi connectivity index (χ1n) is 8.03. The summed E-state index contributed by atoms with van der Waals surface area (Å²) in [5.74, 6) is 2.01. The van der Waals surface area contributed by atoms with E-state index >= 15 is 0 Å². The van der Waals surface area contributed by atoms with Gasteiger partial charge in [0.25, 0.3) is 0 Å². The largest absolute Gasteiger partial charge is 0.369 e. The number of carbonyl (C=O) groups excluding carboxylic acids is 2. The highest BCUT2D eigenvalue weighted by Gasteiger charge is 2.61. The van der Waals surface area contributed by atoms with Crippen LogP contribution in [0.4, 0.5) is 0 Å². The molecule has 0 radical (unpaired) electrons. The van der Waals surface area contributed by atoms with Gasteiger partial charge in [0.15, 0.2) is 0 Å². The van der Waals surface area contributed by atoms with Crippen LogP contribution in [0.25, 0.3) is 0 Å². The zero-order valence-electron chi connectivity index (χ0n) is 12.2. The molecule has 5 aliphatic carbocycles. The first-order chi connectivity index (χ1) is 9.41. The van der Waals surface area contributed by atoms with Gasteiger partial charge in [-0.2, -0.15) is 0 Å². The maximum atomic E-state index is 12.3. The molecule has 0 aliphatic heterocycles. The number of rotatable bonds is 3. The van der Waals surface area contributed by atoms with Gasteiger partial charge in [-0.3, -0.25) is 9.59 Å². The third-order valence-electron chi connectivity index (χ3n) is 6.42. The summed E-state index contributed by atoms with van der Waals surface area (Å²) in [4.78, 5) is 24.3. The van der Waals surface area contributed by atoms with Gasteiger partial charge in [-0.15, -0.1) is 0 Å². The first kappa shape index (κ1) is 12.7. The van der Waals surface area contributed by atoms with Crippen LogP contribution in [0.2, 0.25) is 0 Å². The summed E-state index contributed by atoms with van der Waals surface area (Å²) >= 11 is 0. The van der Waals surface area contributed by atoms with E-state index in [4.69, 9.17) is 5.73 Å². The Morgan fingerprint density at radius 2 is 1.70 bits per heavy atom. The molecule has 4 unspecified atom stereocenters. The van der Waals surface area contributed by atoms with Gasteiger partial charge in [-0.1, -0.05) is 6.92 Å². The van der Waals surface area contributed by atoms with Crippen molar-refractivity contribution in [2.24, 2.45) is 34.8 Å². The molecule has 3 N–H and O–H groups in total. The normalized spacial score (nSPS) is 51.9. The second-order valence-corrected chi connectivity index (χ2v) is 8.19. The average molecular weight is 276 g/mol. The maximum absolute atomic E-state index is 12.3. The average Bonchev–Trinajstić information content (AvgIpc) is 3.04. The zero-order chi connectivity index (χ0) is 14.1. The van der Waals surface area contributed by atoms with E-state index in [1.807, 2.05) is 0 Å². The molecule has 110 valence electrons. The zero-order valence-corrected chi connectivity index (χ0v) is 12.2. The van der Waals surface area contributed by atoms with Gasteiger partial charge in [0.05, 0.1) is 5.41 Å². The Kier molecular flexibility index (Phi) is 2.39. The van der Waals surface area contributed by atoms with E-state index in [0.29, 0.717) is 17.8 Å². The van der Waals surface area contributed by atoms with Crippen LogP contribution in [-0.2, 0) is 9.59 Å². The standard InChI is InChI=1S/C16H24N2O2/c1-9-2-12(9)13(19)18-16-6-10-3-11(7-16)5-15(4-10,8-16)14(17)20/h9-12H,2-8H2,1H3,(H2,17,20)(H,18,19). The van der Waals surface area contributed by atoms with E-state index in [9.17, 15) is 9.59 Å². The summed E-state index contributed by atoms with van der Waals surface area (Å²) < 4.78 is 0. The van der Waals surface area contributed by atoms with Crippen molar-refractivity contribution in [2.45, 2.75) is 57.4 Å². The lowest BCUT2D eigenvalue weighted by Gasteiger charge is -2.61. The predicted octanol–water partition coefficient (Wildman–Crippen LogP) is 1.58. The monoisotopic (exact) mass is 276 g/mol. The van der Waals surface area contributed by atoms with Crippen LogP contribution in [-0.4, -0.2) is 17.4 Å². The second kappa shape index (κ2) is 3.77. The Bertz CT molecular complexity index is 473. The van der Waals surface area contributed by atoms with Crippen LogP contribution in [0, 0.1) is 29.1 Å². The van der Waals surface area contributed by atoms with Crippen LogP contribution >= 0.6 is 0 Å². The van der Waals surface area contributed by atoms with Crippen molar-refractivity contribution in [3.63, 3.8) is 0 Å².